The van der Waals surface area contributed by atoms with Gasteiger partial charge in [0.25, 0.3) is 0 Å². The molecule has 5 heteroatoms. The van der Waals surface area contributed by atoms with Crippen molar-refractivity contribution in [2.45, 2.75) is 0 Å². The molecular weight excluding hydrogens is 51.5 g/mol. The maximum atomic E-state index is 0. The van der Waals surface area contributed by atoms with Crippen LogP contribution in [0.2, 0.25) is 0 Å². The largest absolute Gasteiger partial charge is 2.00 e. The number of hydrogen-bond acceptors (Lipinski definition) is 0. The van der Waals surface area contributed by atoms with Gasteiger partial charge in [-0.15, -0.1) is 0 Å². The van der Waals surface area contributed by atoms with Crippen LogP contribution in [0.15, 0.2) is 0 Å². The number of rotatable bonds is 0. The maximum absolute atomic E-state index is 0. The van der Waals surface area contributed by atoms with Crippen LogP contribution in [0.3, 0.4) is 0 Å². The fourth-order valence-electron chi connectivity index (χ4n) is 0. The Labute approximate surface area is 60.1 Å². The van der Waals surface area contributed by atoms with Crippen molar-refractivity contribution in [2.24, 2.45) is 0 Å². The monoisotopic (exact) mass is 52.0 g/mol. The van der Waals surface area contributed by atoms with E-state index in [1.165, 1.54) is 0 Å². The molecule has 0 saturated carbocycles. The van der Waals surface area contributed by atoms with E-state index in [0.29, 0.717) is 0 Å². The molecule has 5 heavy (non-hydrogen) atoms. The van der Waals surface area contributed by atoms with Crippen LogP contribution in [0, 0.1) is 0 Å². The Morgan fingerprint density at radius 1 is 0.600 bits per heavy atom. The Morgan fingerprint density at radius 2 is 0.600 bits per heavy atom. The predicted molar refractivity (Wildman–Crippen MR) is 12.2 cm³/mol. The second kappa shape index (κ2) is 58.8. The van der Waals surface area contributed by atoms with Crippen molar-refractivity contribution >= 4 is 16.8 Å². The molecule has 0 amide bonds. The summed E-state index contributed by atoms with van der Waals surface area (Å²) in [5.41, 5.74) is 0. The predicted octanol–water partition coefficient (Wildman–Crippen LogP) is -6.87. The van der Waals surface area contributed by atoms with E-state index in [4.69, 9.17) is 0 Å². The van der Waals surface area contributed by atoms with Crippen molar-refractivity contribution in [1.82, 2.24) is 0 Å². The Hall–Kier alpha value is 1.28. The summed E-state index contributed by atoms with van der Waals surface area (Å²) >= 11 is 0. The zero-order chi connectivity index (χ0) is 0. The van der Waals surface area contributed by atoms with Gasteiger partial charge in [-0.3, -0.25) is 0 Å². The molecule has 0 aromatic rings. The summed E-state index contributed by atoms with van der Waals surface area (Å²) in [6, 6.07) is 0. The van der Waals surface area contributed by atoms with E-state index in [1.54, 1.807) is 0 Å². The van der Waals surface area contributed by atoms with Crippen molar-refractivity contribution in [3.05, 3.63) is 0 Å². The molecule has 0 N–H and O–H groups in total. The van der Waals surface area contributed by atoms with Gasteiger partial charge in [-0.25, -0.2) is 0 Å². The minimum atomic E-state index is 0. The molecule has 0 spiro atoms. The molecule has 0 aromatic heterocycles. The van der Waals surface area contributed by atoms with Crippen LogP contribution in [-0.4, -0.2) is 16.8 Å². The normalized spacial score (nSPS) is 0. The first-order chi connectivity index (χ1) is 0. The molecule has 0 aliphatic rings. The van der Waals surface area contributed by atoms with E-state index in [1.807, 2.05) is 0 Å². The van der Waals surface area contributed by atoms with Crippen LogP contribution < -0.4 is 37.7 Å². The van der Waals surface area contributed by atoms with Crippen molar-refractivity contribution in [3.8, 4) is 0 Å². The van der Waals surface area contributed by atoms with Gasteiger partial charge in [-0.05, 0) is 0 Å². The van der Waals surface area contributed by atoms with Crippen LogP contribution in [0.25, 0.3) is 0 Å². The topological polar surface area (TPSA) is 28.5 Å². The van der Waals surface area contributed by atoms with Gasteiger partial charge in [0.05, 0.1) is 0 Å². The average Bonchev–Trinajstić information content (AvgIpc) is 0. The summed E-state index contributed by atoms with van der Waals surface area (Å²) in [5, 5.41) is 0. The van der Waals surface area contributed by atoms with Crippen molar-refractivity contribution in [2.75, 3.05) is 0 Å². The third-order valence-corrected chi connectivity index (χ3v) is 0. The van der Waals surface area contributed by atoms with E-state index in [0.717, 1.165) is 0 Å². The molecule has 14 valence electrons. The maximum Gasteiger partial charge on any atom is 1.00 e. The second-order valence-electron chi connectivity index (χ2n) is 0. The molecule has 0 heterocycles. The van der Waals surface area contributed by atoms with Gasteiger partial charge < -0.3 is 5.48 Å². The summed E-state index contributed by atoms with van der Waals surface area (Å²) in [7, 11) is 0. The molecule has 0 saturated heterocycles. The molecule has 6 radical (unpaired) electrons. The van der Waals surface area contributed by atoms with Crippen LogP contribution in [0.1, 0.15) is 0 Å². The third-order valence-electron chi connectivity index (χ3n) is 0. The SMILES string of the molecule is [B].[B].[Li+].[Li+].[O-2]. The Bertz CT molecular complexity index is 7.61. The van der Waals surface area contributed by atoms with Gasteiger partial charge in [-0.1, -0.05) is 0 Å². The van der Waals surface area contributed by atoms with Crippen molar-refractivity contribution < 1.29 is 43.2 Å². The fraction of sp³-hybridized carbons (Fsp3) is 0. The minimum Gasteiger partial charge on any atom is -2.00 e. The molecule has 0 aliphatic heterocycles. The summed E-state index contributed by atoms with van der Waals surface area (Å²) in [6.07, 6.45) is 0. The van der Waals surface area contributed by atoms with Crippen molar-refractivity contribution in [1.29, 1.82) is 0 Å². The smallest absolute Gasteiger partial charge is 1.00 e. The fourth-order valence-corrected chi connectivity index (χ4v) is 0. The first-order valence-electron chi connectivity index (χ1n) is 0. The van der Waals surface area contributed by atoms with Gasteiger partial charge in [0.15, 0.2) is 0 Å². The van der Waals surface area contributed by atoms with Gasteiger partial charge in [0.2, 0.25) is 0 Å². The molecule has 0 fully saturated rings. The molecule has 0 rings (SSSR count). The van der Waals surface area contributed by atoms with Gasteiger partial charge in [0, 0.05) is 16.8 Å². The Balaban J connectivity index is 0. The van der Waals surface area contributed by atoms with Crippen LogP contribution in [-0.2, 0) is 5.48 Å². The van der Waals surface area contributed by atoms with E-state index >= 15 is 0 Å². The van der Waals surface area contributed by atoms with Crippen LogP contribution in [0.5, 0.6) is 0 Å². The van der Waals surface area contributed by atoms with Crippen molar-refractivity contribution in [3.63, 3.8) is 0 Å². The summed E-state index contributed by atoms with van der Waals surface area (Å²) in [6.45, 7) is 0. The van der Waals surface area contributed by atoms with Crippen LogP contribution >= 0.6 is 0 Å². The standard InChI is InChI=1S/2B.2Li.O/q;;2*+1;-2. The zero-order valence-electron chi connectivity index (χ0n) is 3.56. The summed E-state index contributed by atoms with van der Waals surface area (Å²) < 4.78 is 0. The molecule has 0 unspecified atom stereocenters. The minimum absolute atomic E-state index is 0. The Kier molecular flexibility index (Phi) is 1250. The molecule has 0 aromatic carbocycles. The van der Waals surface area contributed by atoms with E-state index in [2.05, 4.69) is 0 Å². The first kappa shape index (κ1) is 106. The van der Waals surface area contributed by atoms with Gasteiger partial charge >= 0.3 is 37.7 Å². The molecule has 1 nitrogen and oxygen atoms in total. The average molecular weight is 51.5 g/mol. The zero-order valence-corrected chi connectivity index (χ0v) is 3.56. The summed E-state index contributed by atoms with van der Waals surface area (Å²) in [4.78, 5) is 0. The molecule has 0 bridgehead atoms. The van der Waals surface area contributed by atoms with E-state index in [9.17, 15) is 0 Å². The Morgan fingerprint density at radius 3 is 0.600 bits per heavy atom. The first-order valence-corrected chi connectivity index (χ1v) is 0. The second-order valence-corrected chi connectivity index (χ2v) is 0. The molecule has 0 atom stereocenters. The van der Waals surface area contributed by atoms with Gasteiger partial charge in [-0.2, -0.15) is 0 Å². The summed E-state index contributed by atoms with van der Waals surface area (Å²) in [5.74, 6) is 0. The molecule has 0 aliphatic carbocycles. The quantitative estimate of drug-likeness (QED) is 0.245. The molecular formula is B2Li2O. The van der Waals surface area contributed by atoms with Crippen LogP contribution in [0.4, 0.5) is 0 Å². The third kappa shape index (κ3) is 34.5. The number of hydrogen-bond donors (Lipinski definition) is 0. The van der Waals surface area contributed by atoms with E-state index in [-0.39, 0.29) is 60.0 Å². The van der Waals surface area contributed by atoms with E-state index < -0.39 is 0 Å². The van der Waals surface area contributed by atoms with Gasteiger partial charge in [0.1, 0.15) is 0 Å².